The molecule has 8 nitrogen and oxygen atoms in total. The average molecular weight is 429 g/mol. The molecule has 2 aromatic carbocycles. The van der Waals surface area contributed by atoms with Gasteiger partial charge in [-0.25, -0.2) is 4.98 Å². The molecule has 0 spiro atoms. The Kier molecular flexibility index (Phi) is 5.93. The van der Waals surface area contributed by atoms with Gasteiger partial charge < -0.3 is 10.1 Å². The summed E-state index contributed by atoms with van der Waals surface area (Å²) in [5.41, 5.74) is 2.53. The number of amides is 1. The van der Waals surface area contributed by atoms with Crippen LogP contribution in [0, 0.1) is 0 Å². The van der Waals surface area contributed by atoms with E-state index in [1.807, 2.05) is 54.6 Å². The van der Waals surface area contributed by atoms with E-state index in [0.29, 0.717) is 18.0 Å². The molecule has 0 unspecified atom stereocenters. The van der Waals surface area contributed by atoms with Crippen molar-refractivity contribution in [3.05, 3.63) is 83.6 Å². The van der Waals surface area contributed by atoms with Gasteiger partial charge in [0.1, 0.15) is 24.2 Å². The van der Waals surface area contributed by atoms with Gasteiger partial charge in [0, 0.05) is 30.0 Å². The van der Waals surface area contributed by atoms with Crippen LogP contribution >= 0.6 is 0 Å². The van der Waals surface area contributed by atoms with E-state index in [-0.39, 0.29) is 32.1 Å². The third kappa shape index (κ3) is 4.20. The van der Waals surface area contributed by atoms with Gasteiger partial charge in [-0.2, -0.15) is 0 Å². The predicted octanol–water partition coefficient (Wildman–Crippen LogP) is 2.88. The number of hydrogen-bond acceptors (Lipinski definition) is 6. The number of Topliss-reactive ketones (excluding diaryl/α,β-unsaturated/α-hetero) is 1. The molecule has 0 fully saturated rings. The number of H-pyrrole nitrogens is 1. The molecule has 0 saturated heterocycles. The van der Waals surface area contributed by atoms with Crippen LogP contribution in [0.1, 0.15) is 35.0 Å². The summed E-state index contributed by atoms with van der Waals surface area (Å²) in [6.07, 6.45) is 2.34. The second-order valence-electron chi connectivity index (χ2n) is 7.37. The third-order valence-electron chi connectivity index (χ3n) is 5.24. The number of pyridine rings is 1. The van der Waals surface area contributed by atoms with E-state index in [2.05, 4.69) is 25.5 Å². The van der Waals surface area contributed by atoms with Crippen molar-refractivity contribution in [3.63, 3.8) is 0 Å². The predicted molar refractivity (Wildman–Crippen MR) is 120 cm³/mol. The number of aromatic nitrogens is 4. The Morgan fingerprint density at radius 2 is 1.97 bits per heavy atom. The van der Waals surface area contributed by atoms with Crippen LogP contribution in [0.4, 0.5) is 0 Å². The van der Waals surface area contributed by atoms with Crippen molar-refractivity contribution in [2.24, 2.45) is 0 Å². The van der Waals surface area contributed by atoms with Gasteiger partial charge in [0.25, 0.3) is 5.91 Å². The lowest BCUT2D eigenvalue weighted by atomic mass is 10.0. The van der Waals surface area contributed by atoms with Crippen molar-refractivity contribution in [2.75, 3.05) is 6.61 Å². The smallest absolute Gasteiger partial charge is 0.291 e. The van der Waals surface area contributed by atoms with E-state index in [0.717, 1.165) is 22.0 Å². The first kappa shape index (κ1) is 21.2. The molecule has 2 aromatic heterocycles. The molecule has 0 bridgehead atoms. The Hall–Kier alpha value is -4.07. The number of nitrogens with one attached hydrogen (secondary N) is 2. The second kappa shape index (κ2) is 8.97. The monoisotopic (exact) mass is 429 g/mol. The molecule has 3 heterocycles. The van der Waals surface area contributed by atoms with Gasteiger partial charge in [0.2, 0.25) is 5.82 Å². The fourth-order valence-electron chi connectivity index (χ4n) is 3.67. The van der Waals surface area contributed by atoms with E-state index in [9.17, 15) is 9.59 Å². The number of carbonyl (C=O) groups is 2. The second-order valence-corrected chi connectivity index (χ2v) is 7.37. The first-order chi connectivity index (χ1) is 15.2. The van der Waals surface area contributed by atoms with E-state index in [4.69, 9.17) is 4.74 Å². The lowest BCUT2D eigenvalue weighted by molar-refractivity contribution is -0.120. The number of fused-ring (bicyclic) bond motifs is 3. The van der Waals surface area contributed by atoms with Crippen LogP contribution in [-0.2, 0) is 17.6 Å². The molecule has 0 radical (unpaired) electrons. The number of rotatable bonds is 4. The van der Waals surface area contributed by atoms with Crippen LogP contribution in [-0.4, -0.2) is 44.5 Å². The van der Waals surface area contributed by atoms with Gasteiger partial charge in [0.15, 0.2) is 5.78 Å². The maximum absolute atomic E-state index is 12.9. The van der Waals surface area contributed by atoms with E-state index in [1.54, 1.807) is 6.20 Å². The van der Waals surface area contributed by atoms with Crippen molar-refractivity contribution >= 4 is 22.6 Å². The summed E-state index contributed by atoms with van der Waals surface area (Å²) < 4.78 is 5.84. The lowest BCUT2D eigenvalue weighted by Gasteiger charge is -2.13. The molecule has 0 saturated carbocycles. The molecule has 1 aliphatic rings. The third-order valence-corrected chi connectivity index (χ3v) is 5.24. The number of carbonyl (C=O) groups excluding carboxylic acids is 2. The molecule has 1 atom stereocenters. The van der Waals surface area contributed by atoms with Crippen molar-refractivity contribution in [3.8, 4) is 5.75 Å². The topological polar surface area (TPSA) is 110 Å². The van der Waals surface area contributed by atoms with Crippen molar-refractivity contribution < 1.29 is 14.3 Å². The number of benzene rings is 2. The molecule has 1 aliphatic heterocycles. The minimum Gasteiger partial charge on any atom is -0.491 e. The normalized spacial score (nSPS) is 15.2. The molecule has 1 amide bonds. The first-order valence-corrected chi connectivity index (χ1v) is 9.95. The highest BCUT2D eigenvalue weighted by molar-refractivity contribution is 5.98. The molecule has 2 N–H and O–H groups in total. The Labute approximate surface area is 185 Å². The SMILES string of the molecule is C.O=C(N[C@H]1COc2ccc3cccnc3c2CC1=O)c1n[nH]c(Cc2ccccc2)n1. The molecular weight excluding hydrogens is 406 g/mol. The molecule has 5 rings (SSSR count). The summed E-state index contributed by atoms with van der Waals surface area (Å²) in [7, 11) is 0. The highest BCUT2D eigenvalue weighted by Crippen LogP contribution is 2.29. The Bertz CT molecular complexity index is 1270. The van der Waals surface area contributed by atoms with Crippen LogP contribution in [0.15, 0.2) is 60.8 Å². The maximum Gasteiger partial charge on any atom is 0.291 e. The van der Waals surface area contributed by atoms with Crippen LogP contribution in [0.5, 0.6) is 5.75 Å². The Balaban J connectivity index is 0.00000245. The summed E-state index contributed by atoms with van der Waals surface area (Å²) >= 11 is 0. The zero-order valence-electron chi connectivity index (χ0n) is 16.5. The van der Waals surface area contributed by atoms with Gasteiger partial charge in [-0.05, 0) is 23.8 Å². The minimum atomic E-state index is -0.797. The molecule has 8 heteroatoms. The average Bonchev–Trinajstić information content (AvgIpc) is 3.20. The van der Waals surface area contributed by atoms with E-state index >= 15 is 0 Å². The maximum atomic E-state index is 12.9. The van der Waals surface area contributed by atoms with E-state index < -0.39 is 11.9 Å². The van der Waals surface area contributed by atoms with Gasteiger partial charge >= 0.3 is 0 Å². The van der Waals surface area contributed by atoms with Crippen LogP contribution < -0.4 is 10.1 Å². The summed E-state index contributed by atoms with van der Waals surface area (Å²) in [6, 6.07) is 16.5. The fourth-order valence-corrected chi connectivity index (χ4v) is 3.67. The van der Waals surface area contributed by atoms with Gasteiger partial charge in [-0.1, -0.05) is 43.8 Å². The number of hydrogen-bond donors (Lipinski definition) is 2. The van der Waals surface area contributed by atoms with Crippen LogP contribution in [0.3, 0.4) is 0 Å². The molecular formula is C24H23N5O3. The fraction of sp³-hybridized carbons (Fsp3) is 0.208. The van der Waals surface area contributed by atoms with E-state index in [1.165, 1.54) is 0 Å². The zero-order chi connectivity index (χ0) is 21.2. The number of ether oxygens (including phenoxy) is 1. The van der Waals surface area contributed by atoms with Crippen molar-refractivity contribution in [1.29, 1.82) is 0 Å². The highest BCUT2D eigenvalue weighted by atomic mass is 16.5. The van der Waals surface area contributed by atoms with Gasteiger partial charge in [0.05, 0.1) is 5.52 Å². The first-order valence-electron chi connectivity index (χ1n) is 9.95. The van der Waals surface area contributed by atoms with Crippen LogP contribution in [0.2, 0.25) is 0 Å². The van der Waals surface area contributed by atoms with Crippen LogP contribution in [0.25, 0.3) is 10.9 Å². The molecule has 162 valence electrons. The lowest BCUT2D eigenvalue weighted by Crippen LogP contribution is -2.44. The minimum absolute atomic E-state index is 0. The largest absolute Gasteiger partial charge is 0.491 e. The molecule has 0 aliphatic carbocycles. The number of nitrogens with zero attached hydrogens (tertiary/aromatic N) is 3. The quantitative estimate of drug-likeness (QED) is 0.516. The molecule has 4 aromatic rings. The molecule has 32 heavy (non-hydrogen) atoms. The summed E-state index contributed by atoms with van der Waals surface area (Å²) in [6.45, 7) is 0.0389. The zero-order valence-corrected chi connectivity index (χ0v) is 16.5. The van der Waals surface area contributed by atoms with Gasteiger partial charge in [-0.15, -0.1) is 5.10 Å². The highest BCUT2D eigenvalue weighted by Gasteiger charge is 2.29. The Morgan fingerprint density at radius 3 is 2.81 bits per heavy atom. The standard InChI is InChI=1S/C23H19N5O3.CH4/c29-18-12-16-19(9-8-15-7-4-10-24-21(15)16)31-13-17(18)25-23(30)22-26-20(27-28-22)11-14-5-2-1-3-6-14;/h1-10,17H,11-13H2,(H,25,30)(H,26,27,28);1H4/t17-;/m0./s1. The summed E-state index contributed by atoms with van der Waals surface area (Å²) in [5.74, 6) is 0.508. The summed E-state index contributed by atoms with van der Waals surface area (Å²) in [4.78, 5) is 34.2. The Morgan fingerprint density at radius 1 is 1.12 bits per heavy atom. The van der Waals surface area contributed by atoms with Gasteiger partial charge in [-0.3, -0.25) is 19.7 Å². The number of ketones is 1. The summed E-state index contributed by atoms with van der Waals surface area (Å²) in [5, 5.41) is 10.4. The van der Waals surface area contributed by atoms with Crippen molar-refractivity contribution in [1.82, 2.24) is 25.5 Å². The number of aromatic amines is 1. The van der Waals surface area contributed by atoms with Crippen molar-refractivity contribution in [2.45, 2.75) is 26.3 Å².